The number of aromatic nitrogens is 2. The first-order valence-corrected chi connectivity index (χ1v) is 9.18. The van der Waals surface area contributed by atoms with Gasteiger partial charge in [-0.1, -0.05) is 54.6 Å². The SMILES string of the molecule is O=C(NC1Cc2ccccc2C1)c1ccc2nc(-c3ccccc3)cn2c1. The highest BCUT2D eigenvalue weighted by atomic mass is 16.1. The Hall–Kier alpha value is -3.40. The van der Waals surface area contributed by atoms with Crippen molar-refractivity contribution in [3.05, 3.63) is 95.8 Å². The summed E-state index contributed by atoms with van der Waals surface area (Å²) < 4.78 is 1.92. The van der Waals surface area contributed by atoms with Crippen LogP contribution in [0.15, 0.2) is 79.1 Å². The molecule has 1 aliphatic carbocycles. The molecule has 0 aliphatic heterocycles. The van der Waals surface area contributed by atoms with Crippen molar-refractivity contribution >= 4 is 11.6 Å². The van der Waals surface area contributed by atoms with Crippen LogP contribution in [0.5, 0.6) is 0 Å². The summed E-state index contributed by atoms with van der Waals surface area (Å²) in [5, 5.41) is 3.17. The fraction of sp³-hybridized carbons (Fsp3) is 0.130. The van der Waals surface area contributed by atoms with Gasteiger partial charge in [0.25, 0.3) is 5.91 Å². The number of pyridine rings is 1. The molecule has 0 fully saturated rings. The summed E-state index contributed by atoms with van der Waals surface area (Å²) in [4.78, 5) is 17.4. The molecule has 0 atom stereocenters. The van der Waals surface area contributed by atoms with E-state index in [1.165, 1.54) is 11.1 Å². The van der Waals surface area contributed by atoms with E-state index in [4.69, 9.17) is 0 Å². The van der Waals surface area contributed by atoms with Crippen molar-refractivity contribution in [1.29, 1.82) is 0 Å². The summed E-state index contributed by atoms with van der Waals surface area (Å²) in [6.45, 7) is 0. The molecule has 27 heavy (non-hydrogen) atoms. The predicted octanol–water partition coefficient (Wildman–Crippen LogP) is 3.90. The van der Waals surface area contributed by atoms with Gasteiger partial charge in [-0.05, 0) is 36.1 Å². The smallest absolute Gasteiger partial charge is 0.253 e. The molecular weight excluding hydrogens is 334 g/mol. The van der Waals surface area contributed by atoms with E-state index in [0.29, 0.717) is 5.56 Å². The van der Waals surface area contributed by atoms with Crippen LogP contribution in [-0.4, -0.2) is 21.3 Å². The molecule has 1 amide bonds. The lowest BCUT2D eigenvalue weighted by Crippen LogP contribution is -2.35. The molecule has 0 saturated heterocycles. The molecule has 1 N–H and O–H groups in total. The van der Waals surface area contributed by atoms with E-state index in [2.05, 4.69) is 34.6 Å². The highest BCUT2D eigenvalue weighted by Crippen LogP contribution is 2.22. The molecule has 2 aromatic heterocycles. The highest BCUT2D eigenvalue weighted by Gasteiger charge is 2.23. The van der Waals surface area contributed by atoms with Gasteiger partial charge in [-0.25, -0.2) is 4.98 Å². The zero-order valence-electron chi connectivity index (χ0n) is 14.8. The normalized spacial score (nSPS) is 13.6. The Morgan fingerprint density at radius 2 is 1.59 bits per heavy atom. The molecule has 0 spiro atoms. The third-order valence-corrected chi connectivity index (χ3v) is 5.17. The Morgan fingerprint density at radius 1 is 0.889 bits per heavy atom. The Morgan fingerprint density at radius 3 is 2.33 bits per heavy atom. The molecule has 0 bridgehead atoms. The zero-order valence-corrected chi connectivity index (χ0v) is 14.8. The quantitative estimate of drug-likeness (QED) is 0.607. The summed E-state index contributed by atoms with van der Waals surface area (Å²) in [7, 11) is 0. The van der Waals surface area contributed by atoms with Crippen LogP contribution in [0.2, 0.25) is 0 Å². The first kappa shape index (κ1) is 15.8. The van der Waals surface area contributed by atoms with Gasteiger partial charge in [0.2, 0.25) is 0 Å². The fourth-order valence-electron chi connectivity index (χ4n) is 3.80. The monoisotopic (exact) mass is 353 g/mol. The summed E-state index contributed by atoms with van der Waals surface area (Å²) in [5.74, 6) is -0.0373. The van der Waals surface area contributed by atoms with Crippen molar-refractivity contribution in [2.24, 2.45) is 0 Å². The first-order chi connectivity index (χ1) is 13.3. The zero-order chi connectivity index (χ0) is 18.2. The van der Waals surface area contributed by atoms with Crippen LogP contribution in [-0.2, 0) is 12.8 Å². The molecule has 4 aromatic rings. The number of amides is 1. The fourth-order valence-corrected chi connectivity index (χ4v) is 3.80. The van der Waals surface area contributed by atoms with E-state index in [1.807, 2.05) is 59.3 Å². The maximum Gasteiger partial charge on any atom is 0.253 e. The number of benzene rings is 2. The van der Waals surface area contributed by atoms with E-state index < -0.39 is 0 Å². The Balaban J connectivity index is 1.36. The van der Waals surface area contributed by atoms with Crippen molar-refractivity contribution in [2.45, 2.75) is 18.9 Å². The van der Waals surface area contributed by atoms with Crippen LogP contribution in [0.1, 0.15) is 21.5 Å². The van der Waals surface area contributed by atoms with Gasteiger partial charge in [-0.2, -0.15) is 0 Å². The summed E-state index contributed by atoms with van der Waals surface area (Å²) in [6.07, 6.45) is 5.61. The van der Waals surface area contributed by atoms with Crippen molar-refractivity contribution in [1.82, 2.24) is 14.7 Å². The van der Waals surface area contributed by atoms with Crippen molar-refractivity contribution < 1.29 is 4.79 Å². The number of nitrogens with zero attached hydrogens (tertiary/aromatic N) is 2. The predicted molar refractivity (Wildman–Crippen MR) is 106 cm³/mol. The molecule has 4 nitrogen and oxygen atoms in total. The minimum Gasteiger partial charge on any atom is -0.349 e. The lowest BCUT2D eigenvalue weighted by Gasteiger charge is -2.12. The van der Waals surface area contributed by atoms with Crippen molar-refractivity contribution in [3.8, 4) is 11.3 Å². The molecule has 4 heteroatoms. The van der Waals surface area contributed by atoms with Crippen LogP contribution < -0.4 is 5.32 Å². The van der Waals surface area contributed by atoms with Gasteiger partial charge in [-0.3, -0.25) is 4.79 Å². The molecule has 132 valence electrons. The Bertz CT molecular complexity index is 1110. The second kappa shape index (κ2) is 6.40. The topological polar surface area (TPSA) is 46.4 Å². The standard InChI is InChI=1S/C23H19N3O/c27-23(24-20-12-17-8-4-5-9-18(17)13-20)19-10-11-22-25-21(15-26(22)14-19)16-6-2-1-3-7-16/h1-11,14-15,20H,12-13H2,(H,24,27). The minimum absolute atomic E-state index is 0.0373. The molecule has 0 unspecified atom stereocenters. The molecular formula is C23H19N3O. The van der Waals surface area contributed by atoms with E-state index in [9.17, 15) is 4.79 Å². The van der Waals surface area contributed by atoms with Crippen LogP contribution >= 0.6 is 0 Å². The second-order valence-electron chi connectivity index (χ2n) is 7.02. The average molecular weight is 353 g/mol. The first-order valence-electron chi connectivity index (χ1n) is 9.18. The number of rotatable bonds is 3. The van der Waals surface area contributed by atoms with E-state index in [-0.39, 0.29) is 11.9 Å². The van der Waals surface area contributed by atoms with Crippen LogP contribution in [0.4, 0.5) is 0 Å². The van der Waals surface area contributed by atoms with Crippen molar-refractivity contribution in [3.63, 3.8) is 0 Å². The van der Waals surface area contributed by atoms with Crippen LogP contribution in [0.3, 0.4) is 0 Å². The largest absolute Gasteiger partial charge is 0.349 e. The highest BCUT2D eigenvalue weighted by molar-refractivity contribution is 5.94. The Kier molecular flexibility index (Phi) is 3.75. The number of fused-ring (bicyclic) bond motifs is 2. The number of carbonyl (C=O) groups excluding carboxylic acids is 1. The molecule has 5 rings (SSSR count). The van der Waals surface area contributed by atoms with Gasteiger partial charge in [-0.15, -0.1) is 0 Å². The van der Waals surface area contributed by atoms with Gasteiger partial charge in [0.05, 0.1) is 11.3 Å². The number of carbonyl (C=O) groups is 1. The maximum atomic E-state index is 12.7. The summed E-state index contributed by atoms with van der Waals surface area (Å²) in [6, 6.07) is 22.3. The summed E-state index contributed by atoms with van der Waals surface area (Å²) in [5.41, 5.74) is 6.12. The van der Waals surface area contributed by atoms with Crippen LogP contribution in [0, 0.1) is 0 Å². The minimum atomic E-state index is -0.0373. The second-order valence-corrected chi connectivity index (χ2v) is 7.02. The Labute approximate surface area is 157 Å². The average Bonchev–Trinajstić information content (AvgIpc) is 3.31. The van der Waals surface area contributed by atoms with Gasteiger partial charge in [0.15, 0.2) is 0 Å². The number of hydrogen-bond donors (Lipinski definition) is 1. The molecule has 2 aromatic carbocycles. The lowest BCUT2D eigenvalue weighted by atomic mass is 10.1. The number of hydrogen-bond acceptors (Lipinski definition) is 2. The molecule has 2 heterocycles. The summed E-state index contributed by atoms with van der Waals surface area (Å²) >= 11 is 0. The lowest BCUT2D eigenvalue weighted by molar-refractivity contribution is 0.0938. The third kappa shape index (κ3) is 2.99. The third-order valence-electron chi connectivity index (χ3n) is 5.17. The molecule has 0 saturated carbocycles. The van der Waals surface area contributed by atoms with Gasteiger partial charge >= 0.3 is 0 Å². The molecule has 0 radical (unpaired) electrons. The number of imidazole rings is 1. The number of nitrogens with one attached hydrogen (secondary N) is 1. The van der Waals surface area contributed by atoms with Gasteiger partial charge in [0.1, 0.15) is 5.65 Å². The van der Waals surface area contributed by atoms with Gasteiger partial charge < -0.3 is 9.72 Å². The van der Waals surface area contributed by atoms with Crippen molar-refractivity contribution in [2.75, 3.05) is 0 Å². The van der Waals surface area contributed by atoms with E-state index >= 15 is 0 Å². The molecule has 1 aliphatic rings. The van der Waals surface area contributed by atoms with E-state index in [0.717, 1.165) is 29.7 Å². The maximum absolute atomic E-state index is 12.7. The van der Waals surface area contributed by atoms with E-state index in [1.54, 1.807) is 0 Å². The van der Waals surface area contributed by atoms with Gasteiger partial charge in [0, 0.05) is 24.0 Å². The van der Waals surface area contributed by atoms with Crippen LogP contribution in [0.25, 0.3) is 16.9 Å².